The first-order valence-electron chi connectivity index (χ1n) is 7.38. The van der Waals surface area contributed by atoms with Crippen LogP contribution in [-0.4, -0.2) is 10.2 Å². The van der Waals surface area contributed by atoms with Gasteiger partial charge in [-0.15, -0.1) is 0 Å². The molecule has 6 nitrogen and oxygen atoms in total. The van der Waals surface area contributed by atoms with E-state index < -0.39 is 27.3 Å². The maximum atomic E-state index is 12.9. The number of rotatable bonds is 1. The van der Waals surface area contributed by atoms with Crippen LogP contribution in [0.4, 0.5) is 0 Å². The van der Waals surface area contributed by atoms with E-state index in [9.17, 15) is 19.8 Å². The summed E-state index contributed by atoms with van der Waals surface area (Å²) in [6.45, 7) is 4.70. The molecule has 2 aliphatic rings. The topological polar surface area (TPSA) is 122 Å². The van der Waals surface area contributed by atoms with Gasteiger partial charge in [-0.2, -0.15) is 0 Å². The molecule has 3 rings (SSSR count). The minimum atomic E-state index is -0.559. The molecule has 0 spiro atoms. The van der Waals surface area contributed by atoms with Crippen LogP contribution in [0.2, 0.25) is 0 Å². The number of benzene rings is 1. The Balaban J connectivity index is 3.14. The fraction of sp³-hybridized carbons (Fsp3) is 0.0526. The third kappa shape index (κ3) is 2.11. The van der Waals surface area contributed by atoms with Gasteiger partial charge < -0.3 is 10.2 Å². The van der Waals surface area contributed by atoms with Gasteiger partial charge >= 0.3 is 0 Å². The lowest BCUT2D eigenvalue weighted by Gasteiger charge is -2.02. The summed E-state index contributed by atoms with van der Waals surface area (Å²) in [6.07, 6.45) is 1.05. The fourth-order valence-electron chi connectivity index (χ4n) is 3.07. The Morgan fingerprint density at radius 3 is 1.96 bits per heavy atom. The van der Waals surface area contributed by atoms with E-state index in [1.54, 1.807) is 12.1 Å². The molecule has 1 aromatic carbocycles. The monoisotopic (exact) mass is 334 g/mol. The second-order valence-corrected chi connectivity index (χ2v) is 5.63. The molecule has 124 valence electrons. The quantitative estimate of drug-likeness (QED) is 0.486. The first kappa shape index (κ1) is 16.3. The van der Waals surface area contributed by atoms with Crippen LogP contribution in [-0.2, 0) is 0 Å². The summed E-state index contributed by atoms with van der Waals surface area (Å²) in [4.78, 5) is 25.8. The highest BCUT2D eigenvalue weighted by atomic mass is 16.3. The average molecular weight is 334 g/mol. The molecule has 4 N–H and O–H groups in total. The molecule has 1 aromatic rings. The molecular formula is C19H14N2O4. The number of hydrogen-bond acceptors (Lipinski definition) is 6. The van der Waals surface area contributed by atoms with Gasteiger partial charge in [-0.05, 0) is 13.0 Å². The van der Waals surface area contributed by atoms with Crippen LogP contribution >= 0.6 is 0 Å². The Morgan fingerprint density at radius 1 is 0.960 bits per heavy atom. The molecule has 0 unspecified atom stereocenters. The van der Waals surface area contributed by atoms with Crippen molar-refractivity contribution < 1.29 is 10.2 Å². The van der Waals surface area contributed by atoms with Crippen LogP contribution < -0.4 is 32.0 Å². The van der Waals surface area contributed by atoms with Crippen LogP contribution in [0.15, 0.2) is 46.5 Å². The third-order valence-electron chi connectivity index (χ3n) is 4.18. The number of fused-ring (bicyclic) bond motifs is 1. The zero-order valence-corrected chi connectivity index (χ0v) is 13.3. The summed E-state index contributed by atoms with van der Waals surface area (Å²) >= 11 is 0. The van der Waals surface area contributed by atoms with Crippen molar-refractivity contribution in [3.05, 3.63) is 89.0 Å². The minimum Gasteiger partial charge on any atom is -0.512 e. The van der Waals surface area contributed by atoms with E-state index in [0.29, 0.717) is 0 Å². The normalized spacial score (nSPS) is 13.8. The molecule has 0 amide bonds. The highest BCUT2D eigenvalue weighted by molar-refractivity contribution is 5.82. The molecule has 0 bridgehead atoms. The number of nitrogens with one attached hydrogen (secondary N) is 2. The molecular weight excluding hydrogens is 320 g/mol. The van der Waals surface area contributed by atoms with Crippen LogP contribution in [0.1, 0.15) is 6.92 Å². The highest BCUT2D eigenvalue weighted by Gasteiger charge is 2.14. The largest absolute Gasteiger partial charge is 0.512 e. The number of aliphatic hydroxyl groups excluding tert-OH is 2. The molecule has 25 heavy (non-hydrogen) atoms. The lowest BCUT2D eigenvalue weighted by atomic mass is 10.0. The highest BCUT2D eigenvalue weighted by Crippen LogP contribution is 2.03. The van der Waals surface area contributed by atoms with Crippen molar-refractivity contribution in [2.24, 2.45) is 0 Å². The molecule has 0 aromatic heterocycles. The van der Waals surface area contributed by atoms with E-state index in [0.717, 1.165) is 6.08 Å². The molecule has 0 fully saturated rings. The second kappa shape index (κ2) is 5.52. The standard InChI is InChI=1S/C19H14N2O4/c1-3-11(23)13-14-15(17(21)12(8(2)22)16(13)20)19(25)10-7-5-4-6-9(10)18(14)24/h3-7,20-23H,1H2,2H3. The van der Waals surface area contributed by atoms with Crippen molar-refractivity contribution in [1.82, 2.24) is 0 Å². The van der Waals surface area contributed by atoms with Gasteiger partial charge in [-0.25, -0.2) is 0 Å². The number of hydrogen-bond donors (Lipinski definition) is 4. The van der Waals surface area contributed by atoms with E-state index in [1.165, 1.54) is 19.1 Å². The summed E-state index contributed by atoms with van der Waals surface area (Å²) < 4.78 is 0. The molecule has 0 aliphatic heterocycles. The van der Waals surface area contributed by atoms with Crippen molar-refractivity contribution in [2.45, 2.75) is 6.92 Å². The van der Waals surface area contributed by atoms with Gasteiger partial charge in [0.05, 0.1) is 26.4 Å². The Labute approximate surface area is 139 Å². The minimum absolute atomic E-state index is 0.148. The molecule has 0 saturated heterocycles. The smallest absolute Gasteiger partial charge is 0.196 e. The van der Waals surface area contributed by atoms with Gasteiger partial charge in [0.25, 0.3) is 0 Å². The predicted molar refractivity (Wildman–Crippen MR) is 93.1 cm³/mol. The van der Waals surface area contributed by atoms with E-state index in [-0.39, 0.29) is 37.4 Å². The summed E-state index contributed by atoms with van der Waals surface area (Å²) in [5.41, 5.74) is -1.12. The van der Waals surface area contributed by atoms with Crippen molar-refractivity contribution in [1.29, 1.82) is 10.8 Å². The third-order valence-corrected chi connectivity index (χ3v) is 4.18. The van der Waals surface area contributed by atoms with Gasteiger partial charge in [0.15, 0.2) is 10.9 Å². The fourth-order valence-corrected chi connectivity index (χ4v) is 3.07. The summed E-state index contributed by atoms with van der Waals surface area (Å²) in [5.74, 6) is -0.820. The summed E-state index contributed by atoms with van der Waals surface area (Å²) in [5, 5.41) is 35.2. The maximum Gasteiger partial charge on any atom is 0.196 e. The van der Waals surface area contributed by atoms with Crippen LogP contribution in [0.25, 0.3) is 22.3 Å². The van der Waals surface area contributed by atoms with Crippen molar-refractivity contribution in [3.63, 3.8) is 0 Å². The second-order valence-electron chi connectivity index (χ2n) is 5.63. The Kier molecular flexibility index (Phi) is 3.60. The Bertz CT molecular complexity index is 1460. The molecule has 0 saturated carbocycles. The van der Waals surface area contributed by atoms with Gasteiger partial charge in [0.1, 0.15) is 11.5 Å². The van der Waals surface area contributed by atoms with Crippen molar-refractivity contribution in [3.8, 4) is 0 Å². The van der Waals surface area contributed by atoms with Gasteiger partial charge in [-0.3, -0.25) is 20.4 Å². The van der Waals surface area contributed by atoms with Crippen molar-refractivity contribution >= 4 is 22.3 Å². The Morgan fingerprint density at radius 2 is 1.48 bits per heavy atom. The lowest BCUT2D eigenvalue weighted by molar-refractivity contribution is 0.496. The van der Waals surface area contributed by atoms with E-state index in [2.05, 4.69) is 6.58 Å². The average Bonchev–Trinajstić information content (AvgIpc) is 2.58. The molecule has 2 aliphatic carbocycles. The zero-order chi connectivity index (χ0) is 18.5. The van der Waals surface area contributed by atoms with Crippen LogP contribution in [0.5, 0.6) is 0 Å². The molecule has 0 radical (unpaired) electrons. The first-order chi connectivity index (χ1) is 11.8. The molecule has 6 heteroatoms. The van der Waals surface area contributed by atoms with E-state index >= 15 is 0 Å². The first-order valence-corrected chi connectivity index (χ1v) is 7.38. The zero-order valence-electron chi connectivity index (χ0n) is 13.3. The van der Waals surface area contributed by atoms with Crippen LogP contribution in [0.3, 0.4) is 0 Å². The van der Waals surface area contributed by atoms with Gasteiger partial charge in [-0.1, -0.05) is 30.8 Å². The predicted octanol–water partition coefficient (Wildman–Crippen LogP) is -0.342. The summed E-state index contributed by atoms with van der Waals surface area (Å²) in [6, 6.07) is 6.18. The lowest BCUT2D eigenvalue weighted by Crippen LogP contribution is -2.53. The van der Waals surface area contributed by atoms with Crippen LogP contribution in [0, 0.1) is 21.3 Å². The maximum absolute atomic E-state index is 12.9. The Hall–Kier alpha value is -3.54. The van der Waals surface area contributed by atoms with Gasteiger partial charge in [0.2, 0.25) is 0 Å². The van der Waals surface area contributed by atoms with E-state index in [4.69, 9.17) is 10.8 Å². The molecule has 0 atom stereocenters. The molecule has 0 heterocycles. The SMILES string of the molecule is C=CC(O)=c1c(=N)c(=C(C)O)c(=N)c2c(=O)c3ccccc3c(=O)c1=2. The van der Waals surface area contributed by atoms with E-state index in [1.807, 2.05) is 0 Å². The van der Waals surface area contributed by atoms with Crippen molar-refractivity contribution in [2.75, 3.05) is 0 Å². The number of aliphatic hydroxyl groups is 2. The van der Waals surface area contributed by atoms with Gasteiger partial charge in [0, 0.05) is 16.0 Å². The summed E-state index contributed by atoms with van der Waals surface area (Å²) in [7, 11) is 0.